The Labute approximate surface area is 285 Å². The number of benzene rings is 7. The summed E-state index contributed by atoms with van der Waals surface area (Å²) < 4.78 is 149. The molecule has 7 aromatic carbocycles. The number of allylic oxidation sites excluding steroid dienone is 2. The van der Waals surface area contributed by atoms with E-state index in [0.717, 1.165) is 5.39 Å². The van der Waals surface area contributed by atoms with E-state index in [1.54, 1.807) is 18.2 Å². The van der Waals surface area contributed by atoms with Gasteiger partial charge in [0.2, 0.25) is 0 Å². The quantitative estimate of drug-likeness (QED) is 0.132. The predicted molar refractivity (Wildman–Crippen MR) is 193 cm³/mol. The molecule has 0 fully saturated rings. The fraction of sp³-hybridized carbons (Fsp3) is 0.0455. The standard InChI is InChI=1S/C44H32O/c1-3-16-29(4-2)31-19-8-9-21-33(31)43-34-22-10-12-24-36(34)44(37-25-13-11-23-35(37)43)40-27-39-32-20-14-15-26-41(32)45-42(39)28-38(40)30-17-6-5-7-18-30/h3-15,17-29H,1-2,16H2/i1D,2D,3D,4D,8D,9D,10D,11D,12D,13D,16D,19D,21D,22D,24D,25D. The Morgan fingerprint density at radius 2 is 1.36 bits per heavy atom. The van der Waals surface area contributed by atoms with Crippen LogP contribution in [0.15, 0.2) is 169 Å². The molecule has 214 valence electrons. The molecule has 0 spiro atoms. The molecule has 0 radical (unpaired) electrons. The summed E-state index contributed by atoms with van der Waals surface area (Å²) in [6.45, 7) is 1.10. The third kappa shape index (κ3) is 4.39. The summed E-state index contributed by atoms with van der Waals surface area (Å²) in [5.74, 6) is -1.79. The van der Waals surface area contributed by atoms with Crippen LogP contribution in [0.4, 0.5) is 0 Å². The summed E-state index contributed by atoms with van der Waals surface area (Å²) in [6, 6.07) is 12.5. The lowest BCUT2D eigenvalue weighted by atomic mass is 9.81. The van der Waals surface area contributed by atoms with Crippen molar-refractivity contribution < 1.29 is 26.3 Å². The minimum Gasteiger partial charge on any atom is -0.456 e. The van der Waals surface area contributed by atoms with Crippen molar-refractivity contribution in [2.75, 3.05) is 0 Å². The van der Waals surface area contributed by atoms with E-state index in [9.17, 15) is 6.85 Å². The molecular weight excluding hydrogens is 544 g/mol. The first kappa shape index (κ1) is 14.9. The maximum atomic E-state index is 9.56. The maximum Gasteiger partial charge on any atom is 0.136 e. The molecule has 1 aromatic heterocycles. The van der Waals surface area contributed by atoms with Crippen molar-refractivity contribution >= 4 is 43.5 Å². The highest BCUT2D eigenvalue weighted by Crippen LogP contribution is 2.49. The Bertz CT molecular complexity index is 3230. The van der Waals surface area contributed by atoms with Crippen molar-refractivity contribution in [1.82, 2.24) is 0 Å². The van der Waals surface area contributed by atoms with Crippen LogP contribution in [-0.4, -0.2) is 0 Å². The molecule has 0 saturated carbocycles. The number of hydrogen-bond acceptors (Lipinski definition) is 1. The van der Waals surface area contributed by atoms with Gasteiger partial charge < -0.3 is 4.42 Å². The first-order chi connectivity index (χ1) is 29.0. The second kappa shape index (κ2) is 11.1. The van der Waals surface area contributed by atoms with Gasteiger partial charge in [-0.25, -0.2) is 0 Å². The van der Waals surface area contributed by atoms with Crippen molar-refractivity contribution in [3.63, 3.8) is 0 Å². The Kier molecular flexibility index (Phi) is 3.68. The van der Waals surface area contributed by atoms with Crippen molar-refractivity contribution in [1.29, 1.82) is 0 Å². The van der Waals surface area contributed by atoms with E-state index in [2.05, 4.69) is 0 Å². The average molecular weight is 593 g/mol. The van der Waals surface area contributed by atoms with E-state index < -0.39 is 102 Å². The second-order valence-corrected chi connectivity index (χ2v) is 10.5. The minimum atomic E-state index is -1.86. The van der Waals surface area contributed by atoms with Gasteiger partial charge in [0, 0.05) is 18.1 Å². The maximum absolute atomic E-state index is 9.56. The van der Waals surface area contributed by atoms with Gasteiger partial charge in [0.1, 0.15) is 11.2 Å². The van der Waals surface area contributed by atoms with Crippen LogP contribution < -0.4 is 0 Å². The molecule has 1 heteroatoms. The predicted octanol–water partition coefficient (Wildman–Crippen LogP) is 12.7. The van der Waals surface area contributed by atoms with Crippen molar-refractivity contribution in [3.8, 4) is 33.4 Å². The summed E-state index contributed by atoms with van der Waals surface area (Å²) in [7, 11) is 0. The summed E-state index contributed by atoms with van der Waals surface area (Å²) >= 11 is 0. The van der Waals surface area contributed by atoms with E-state index in [-0.39, 0.29) is 32.7 Å². The lowest BCUT2D eigenvalue weighted by Crippen LogP contribution is -1.99. The molecule has 0 saturated heterocycles. The Balaban J connectivity index is 1.72. The van der Waals surface area contributed by atoms with E-state index in [1.165, 1.54) is 6.07 Å². The molecule has 45 heavy (non-hydrogen) atoms. The molecule has 2 atom stereocenters. The van der Waals surface area contributed by atoms with Crippen LogP contribution in [0.5, 0.6) is 0 Å². The Hall–Kier alpha value is -5.66. The second-order valence-electron chi connectivity index (χ2n) is 10.5. The van der Waals surface area contributed by atoms with Gasteiger partial charge in [0.25, 0.3) is 0 Å². The van der Waals surface area contributed by atoms with Gasteiger partial charge in [-0.2, -0.15) is 0 Å². The van der Waals surface area contributed by atoms with Gasteiger partial charge in [-0.05, 0) is 85.1 Å². The average Bonchev–Trinajstić information content (AvgIpc) is 3.64. The molecule has 8 aromatic rings. The largest absolute Gasteiger partial charge is 0.456 e. The number of para-hydroxylation sites is 1. The fourth-order valence-electron chi connectivity index (χ4n) is 6.12. The molecule has 0 bridgehead atoms. The van der Waals surface area contributed by atoms with Crippen LogP contribution in [0, 0.1) is 0 Å². The molecule has 0 aliphatic carbocycles. The molecule has 0 N–H and O–H groups in total. The zero-order valence-corrected chi connectivity index (χ0v) is 23.6. The SMILES string of the molecule is [2H]C=C([2H])C([2H])C(C([2H])=C[2H])c1c([2H])c([2H])c([2H])c([2H])c1-c1c2cc([2H])c([2H])c([2H])c2c(-c2cc3c(cc2-c2ccccc2)oc2ccccc23)c2c([2H])c([2H])c([2H])c([2H])c12. The van der Waals surface area contributed by atoms with Gasteiger partial charge in [0.05, 0.1) is 20.6 Å². The van der Waals surface area contributed by atoms with Gasteiger partial charge in [-0.1, -0.05) is 133 Å². The number of fused-ring (bicyclic) bond motifs is 5. The fourth-order valence-corrected chi connectivity index (χ4v) is 6.12. The number of furan rings is 1. The smallest absolute Gasteiger partial charge is 0.136 e. The third-order valence-corrected chi connectivity index (χ3v) is 8.04. The van der Waals surface area contributed by atoms with E-state index in [1.807, 2.05) is 48.5 Å². The highest BCUT2D eigenvalue weighted by Gasteiger charge is 2.22. The zero-order chi connectivity index (χ0) is 43.9. The summed E-state index contributed by atoms with van der Waals surface area (Å²) in [4.78, 5) is 0. The number of rotatable bonds is 7. The van der Waals surface area contributed by atoms with Crippen LogP contribution in [0.3, 0.4) is 0 Å². The summed E-state index contributed by atoms with van der Waals surface area (Å²) in [5, 5.41) is 0.672. The lowest BCUT2D eigenvalue weighted by Gasteiger charge is -2.22. The van der Waals surface area contributed by atoms with Crippen molar-refractivity contribution in [2.24, 2.45) is 0 Å². The van der Waals surface area contributed by atoms with Crippen LogP contribution in [0.25, 0.3) is 76.9 Å². The third-order valence-electron chi connectivity index (χ3n) is 8.04. The van der Waals surface area contributed by atoms with Crippen LogP contribution in [0.1, 0.15) is 39.8 Å². The molecule has 0 aliphatic rings. The van der Waals surface area contributed by atoms with Gasteiger partial charge in [0.15, 0.2) is 0 Å². The Morgan fingerprint density at radius 1 is 0.644 bits per heavy atom. The monoisotopic (exact) mass is 592 g/mol. The van der Waals surface area contributed by atoms with Crippen molar-refractivity contribution in [3.05, 3.63) is 170 Å². The number of hydrogen-bond donors (Lipinski definition) is 0. The van der Waals surface area contributed by atoms with Crippen molar-refractivity contribution in [2.45, 2.75) is 12.3 Å². The highest BCUT2D eigenvalue weighted by atomic mass is 16.3. The van der Waals surface area contributed by atoms with E-state index in [4.69, 9.17) is 19.5 Å². The van der Waals surface area contributed by atoms with Gasteiger partial charge in [-0.3, -0.25) is 0 Å². The molecule has 1 heterocycles. The summed E-state index contributed by atoms with van der Waals surface area (Å²) in [5.41, 5.74) is 1.42. The van der Waals surface area contributed by atoms with Crippen LogP contribution in [0.2, 0.25) is 0 Å². The van der Waals surface area contributed by atoms with Gasteiger partial charge >= 0.3 is 0 Å². The highest BCUT2D eigenvalue weighted by molar-refractivity contribution is 6.23. The normalized spacial score (nSPS) is 18.8. The molecule has 8 rings (SSSR count). The Morgan fingerprint density at radius 3 is 2.18 bits per heavy atom. The first-order valence-electron chi connectivity index (χ1n) is 22.4. The summed E-state index contributed by atoms with van der Waals surface area (Å²) in [6.07, 6.45) is -1.86. The molecule has 0 aliphatic heterocycles. The van der Waals surface area contributed by atoms with Gasteiger partial charge in [-0.15, -0.1) is 13.1 Å². The lowest BCUT2D eigenvalue weighted by molar-refractivity contribution is 0.669. The molecule has 0 amide bonds. The van der Waals surface area contributed by atoms with Crippen LogP contribution in [-0.2, 0) is 0 Å². The van der Waals surface area contributed by atoms with E-state index >= 15 is 0 Å². The minimum absolute atomic E-state index is 0.0698. The van der Waals surface area contributed by atoms with Crippen LogP contribution >= 0.6 is 0 Å². The topological polar surface area (TPSA) is 13.1 Å². The molecule has 1 nitrogen and oxygen atoms in total. The zero-order valence-electron chi connectivity index (χ0n) is 39.6. The first-order valence-corrected chi connectivity index (χ1v) is 14.2. The van der Waals surface area contributed by atoms with E-state index in [0.29, 0.717) is 46.4 Å². The molecule has 2 unspecified atom stereocenters. The molecular formula is C44H32O.